The van der Waals surface area contributed by atoms with Crippen molar-refractivity contribution >= 4 is 0 Å². The fourth-order valence-corrected chi connectivity index (χ4v) is 8.46. The third-order valence-electron chi connectivity index (χ3n) is 10.7. The van der Waals surface area contributed by atoms with Crippen molar-refractivity contribution in [2.75, 3.05) is 0 Å². The third-order valence-corrected chi connectivity index (χ3v) is 10.7. The molecule has 0 spiro atoms. The van der Waals surface area contributed by atoms with Crippen molar-refractivity contribution in [3.63, 3.8) is 0 Å². The molecule has 0 amide bonds. The van der Waals surface area contributed by atoms with Crippen molar-refractivity contribution in [3.05, 3.63) is 11.6 Å². The highest BCUT2D eigenvalue weighted by Crippen LogP contribution is 2.67. The number of hydrogen-bond donors (Lipinski definition) is 2. The van der Waals surface area contributed by atoms with Crippen molar-refractivity contribution in [3.8, 4) is 0 Å². The van der Waals surface area contributed by atoms with Gasteiger partial charge < -0.3 is 10.2 Å². The predicted octanol–water partition coefficient (Wildman–Crippen LogP) is 7.54. The minimum absolute atomic E-state index is 0.116. The van der Waals surface area contributed by atoms with E-state index in [-0.39, 0.29) is 29.3 Å². The second kappa shape index (κ2) is 9.15. The van der Waals surface area contributed by atoms with E-state index >= 15 is 0 Å². The number of aliphatic hydroxyl groups is 2. The van der Waals surface area contributed by atoms with E-state index in [1.54, 1.807) is 0 Å². The van der Waals surface area contributed by atoms with Crippen molar-refractivity contribution in [2.24, 2.45) is 46.3 Å². The molecule has 10 atom stereocenters. The molecule has 3 aliphatic carbocycles. The molecule has 0 aromatic heterocycles. The van der Waals surface area contributed by atoms with Crippen molar-refractivity contribution in [1.82, 2.24) is 0 Å². The molecule has 2 saturated carbocycles. The maximum atomic E-state index is 13.2. The lowest BCUT2D eigenvalue weighted by molar-refractivity contribution is -0.256. The molecule has 2 nitrogen and oxygen atoms in total. The van der Waals surface area contributed by atoms with Crippen LogP contribution in [0.25, 0.3) is 0 Å². The Bertz CT molecular complexity index is 727. The Kier molecular flexibility index (Phi) is 7.50. The zero-order valence-electron chi connectivity index (χ0n) is 21.8. The van der Waals surface area contributed by atoms with Crippen LogP contribution in [0, 0.1) is 46.3 Å². The quantitative estimate of drug-likeness (QED) is 0.376. The predicted molar refractivity (Wildman–Crippen MR) is 128 cm³/mol. The standard InChI is InChI=1S/C28H47F3O2/c1-8-25(5)20(16-19(4)32)15-18(3)24-22-10-9-21(26(22,6)13-12-23(24)25)17(2)11-14-27(7,33)28(29,30)31/h15,17-19,21-24,32-33H,8-14,16H2,1-7H3/t17-,18-,19?,21-,22+,23+,24+,25+,26-,27?/m1/s1. The van der Waals surface area contributed by atoms with Crippen molar-refractivity contribution in [1.29, 1.82) is 0 Å². The molecular formula is C28H47F3O2. The molecule has 5 heteroatoms. The van der Waals surface area contributed by atoms with Gasteiger partial charge in [0.2, 0.25) is 0 Å². The zero-order valence-corrected chi connectivity index (χ0v) is 21.8. The molecule has 0 saturated heterocycles. The summed E-state index contributed by atoms with van der Waals surface area (Å²) in [5.41, 5.74) is -0.910. The van der Waals surface area contributed by atoms with Gasteiger partial charge >= 0.3 is 6.18 Å². The zero-order chi connectivity index (χ0) is 25.0. The van der Waals surface area contributed by atoms with Crippen LogP contribution in [-0.2, 0) is 0 Å². The number of fused-ring (bicyclic) bond motifs is 3. The van der Waals surface area contributed by atoms with Gasteiger partial charge in [-0.3, -0.25) is 0 Å². The van der Waals surface area contributed by atoms with Crippen LogP contribution in [-0.4, -0.2) is 28.1 Å². The average molecular weight is 473 g/mol. The Morgan fingerprint density at radius 2 is 1.76 bits per heavy atom. The summed E-state index contributed by atoms with van der Waals surface area (Å²) < 4.78 is 39.5. The van der Waals surface area contributed by atoms with Crippen LogP contribution in [0.4, 0.5) is 13.2 Å². The molecule has 2 unspecified atom stereocenters. The molecule has 192 valence electrons. The van der Waals surface area contributed by atoms with E-state index in [1.165, 1.54) is 5.57 Å². The summed E-state index contributed by atoms with van der Waals surface area (Å²) in [5.74, 6) is 2.85. The van der Waals surface area contributed by atoms with Gasteiger partial charge in [0.1, 0.15) is 0 Å². The summed E-state index contributed by atoms with van der Waals surface area (Å²) in [6, 6.07) is 0. The molecule has 2 fully saturated rings. The highest BCUT2D eigenvalue weighted by molar-refractivity contribution is 5.25. The van der Waals surface area contributed by atoms with Gasteiger partial charge in [-0.1, -0.05) is 46.3 Å². The first-order valence-corrected chi connectivity index (χ1v) is 13.3. The van der Waals surface area contributed by atoms with Crippen LogP contribution in [0.1, 0.15) is 99.8 Å². The van der Waals surface area contributed by atoms with E-state index in [0.717, 1.165) is 45.4 Å². The van der Waals surface area contributed by atoms with Crippen LogP contribution < -0.4 is 0 Å². The van der Waals surface area contributed by atoms with E-state index in [1.807, 2.05) is 6.92 Å². The lowest BCUT2D eigenvalue weighted by Crippen LogP contribution is -2.52. The van der Waals surface area contributed by atoms with Gasteiger partial charge in [-0.2, -0.15) is 13.2 Å². The summed E-state index contributed by atoms with van der Waals surface area (Å²) in [5, 5.41) is 20.1. The second-order valence-electron chi connectivity index (χ2n) is 12.7. The summed E-state index contributed by atoms with van der Waals surface area (Å²) in [6.45, 7) is 14.3. The molecule has 0 radical (unpaired) electrons. The fraction of sp³-hybridized carbons (Fsp3) is 0.929. The molecule has 3 aliphatic rings. The van der Waals surface area contributed by atoms with Crippen LogP contribution in [0.5, 0.6) is 0 Å². The summed E-state index contributed by atoms with van der Waals surface area (Å²) in [4.78, 5) is 0. The first-order valence-electron chi connectivity index (χ1n) is 13.3. The van der Waals surface area contributed by atoms with E-state index in [9.17, 15) is 23.4 Å². The van der Waals surface area contributed by atoms with Crippen LogP contribution in [0.3, 0.4) is 0 Å². The third kappa shape index (κ3) is 4.67. The molecule has 2 N–H and O–H groups in total. The number of allylic oxidation sites excluding steroid dienone is 1. The smallest absolute Gasteiger partial charge is 0.393 e. The Hall–Kier alpha value is -0.550. The maximum Gasteiger partial charge on any atom is 0.416 e. The minimum atomic E-state index is -4.58. The molecular weight excluding hydrogens is 425 g/mol. The summed E-state index contributed by atoms with van der Waals surface area (Å²) in [7, 11) is 0. The van der Waals surface area contributed by atoms with Gasteiger partial charge in [-0.15, -0.1) is 0 Å². The molecule has 0 heterocycles. The van der Waals surface area contributed by atoms with E-state index in [4.69, 9.17) is 0 Å². The number of halogens is 3. The largest absolute Gasteiger partial charge is 0.416 e. The number of aliphatic hydroxyl groups excluding tert-OH is 1. The Labute approximate surface area is 199 Å². The van der Waals surface area contributed by atoms with Gasteiger partial charge in [0.05, 0.1) is 6.10 Å². The van der Waals surface area contributed by atoms with Crippen molar-refractivity contribution < 1.29 is 23.4 Å². The number of rotatable bonds is 7. The maximum absolute atomic E-state index is 13.2. The van der Waals surface area contributed by atoms with Gasteiger partial charge in [0.25, 0.3) is 0 Å². The van der Waals surface area contributed by atoms with E-state index in [2.05, 4.69) is 40.7 Å². The topological polar surface area (TPSA) is 40.5 Å². The Morgan fingerprint density at radius 1 is 1.12 bits per heavy atom. The first kappa shape index (κ1) is 27.0. The van der Waals surface area contributed by atoms with E-state index < -0.39 is 11.8 Å². The summed E-state index contributed by atoms with van der Waals surface area (Å²) in [6.07, 6.45) is 4.10. The van der Waals surface area contributed by atoms with Gasteiger partial charge in [-0.25, -0.2) is 0 Å². The normalized spacial score (nSPS) is 42.7. The van der Waals surface area contributed by atoms with Gasteiger partial charge in [0.15, 0.2) is 5.60 Å². The SMILES string of the molecule is CC[C@@]1(C)C(CC(C)O)=C[C@@H](C)[C@H]2[C@@H]3CC[C@H]([C@H](C)CCC(C)(O)C(F)(F)F)[C@@]3(C)CC[C@@H]21. The second-order valence-corrected chi connectivity index (χ2v) is 12.7. The Morgan fingerprint density at radius 3 is 2.30 bits per heavy atom. The van der Waals surface area contributed by atoms with Crippen LogP contribution in [0.15, 0.2) is 11.6 Å². The van der Waals surface area contributed by atoms with Crippen molar-refractivity contribution in [2.45, 2.75) is 118 Å². The molecule has 0 aliphatic heterocycles. The average Bonchev–Trinajstić information content (AvgIpc) is 3.05. The molecule has 0 aromatic carbocycles. The first-order chi connectivity index (χ1) is 15.1. The molecule has 0 bridgehead atoms. The summed E-state index contributed by atoms with van der Waals surface area (Å²) >= 11 is 0. The Balaban J connectivity index is 1.81. The lowest BCUT2D eigenvalue weighted by atomic mass is 9.46. The van der Waals surface area contributed by atoms with Gasteiger partial charge in [-0.05, 0) is 112 Å². The highest BCUT2D eigenvalue weighted by Gasteiger charge is 2.60. The number of hydrogen-bond acceptors (Lipinski definition) is 2. The van der Waals surface area contributed by atoms with Gasteiger partial charge in [0, 0.05) is 0 Å². The molecule has 3 rings (SSSR count). The molecule has 33 heavy (non-hydrogen) atoms. The number of alkyl halides is 3. The monoisotopic (exact) mass is 472 g/mol. The highest BCUT2D eigenvalue weighted by atomic mass is 19.4. The van der Waals surface area contributed by atoms with Crippen LogP contribution in [0.2, 0.25) is 0 Å². The minimum Gasteiger partial charge on any atom is -0.393 e. The van der Waals surface area contributed by atoms with Crippen LogP contribution >= 0.6 is 0 Å². The molecule has 0 aromatic rings. The fourth-order valence-electron chi connectivity index (χ4n) is 8.46. The lowest BCUT2D eigenvalue weighted by Gasteiger charge is -2.59. The van der Waals surface area contributed by atoms with E-state index in [0.29, 0.717) is 36.0 Å².